The predicted molar refractivity (Wildman–Crippen MR) is 109 cm³/mol. The van der Waals surface area contributed by atoms with Crippen LogP contribution in [0.5, 0.6) is 11.5 Å². The van der Waals surface area contributed by atoms with Crippen LogP contribution in [0, 0.1) is 0 Å². The van der Waals surface area contributed by atoms with Crippen molar-refractivity contribution in [2.75, 3.05) is 7.11 Å². The fourth-order valence-corrected chi connectivity index (χ4v) is 4.17. The van der Waals surface area contributed by atoms with Crippen LogP contribution >= 0.6 is 11.8 Å². The van der Waals surface area contributed by atoms with Gasteiger partial charge in [-0.1, -0.05) is 36.7 Å². The zero-order valence-electron chi connectivity index (χ0n) is 16.8. The maximum absolute atomic E-state index is 12.4. The predicted octanol–water partition coefficient (Wildman–Crippen LogP) is 3.50. The molecule has 1 heterocycles. The average molecular weight is 405 g/mol. The van der Waals surface area contributed by atoms with Gasteiger partial charge in [-0.15, -0.1) is 10.2 Å². The van der Waals surface area contributed by atoms with Crippen molar-refractivity contribution in [3.05, 3.63) is 30.1 Å². The number of methoxy groups -OCH3 is 1. The molecule has 8 heteroatoms. The molecule has 0 saturated heterocycles. The summed E-state index contributed by atoms with van der Waals surface area (Å²) >= 11 is 1.41. The molecule has 152 valence electrons. The Balaban J connectivity index is 1.63. The van der Waals surface area contributed by atoms with E-state index < -0.39 is 0 Å². The van der Waals surface area contributed by atoms with Crippen LogP contribution in [0.15, 0.2) is 29.4 Å². The Morgan fingerprint density at radius 3 is 2.57 bits per heavy atom. The third-order valence-electron chi connectivity index (χ3n) is 4.96. The maximum Gasteiger partial charge on any atom is 0.233 e. The lowest BCUT2D eigenvalue weighted by Gasteiger charge is -2.17. The third kappa shape index (κ3) is 4.79. The van der Waals surface area contributed by atoms with Gasteiger partial charge in [-0.3, -0.25) is 4.79 Å². The van der Waals surface area contributed by atoms with E-state index in [1.807, 2.05) is 49.7 Å². The van der Waals surface area contributed by atoms with Crippen LogP contribution < -0.4 is 14.8 Å². The van der Waals surface area contributed by atoms with Crippen LogP contribution in [0.1, 0.15) is 51.5 Å². The van der Waals surface area contributed by atoms with Crippen molar-refractivity contribution in [2.45, 2.75) is 62.1 Å². The minimum atomic E-state index is -0.314. The molecule has 0 radical (unpaired) electrons. The fourth-order valence-electron chi connectivity index (χ4n) is 3.34. The Hall–Kier alpha value is -2.22. The third-order valence-corrected chi connectivity index (χ3v) is 6.09. The molecule has 1 aliphatic rings. The van der Waals surface area contributed by atoms with Gasteiger partial charge in [0.2, 0.25) is 5.91 Å². The normalized spacial score (nSPS) is 16.6. The van der Waals surface area contributed by atoms with Crippen LogP contribution in [0.2, 0.25) is 0 Å². The smallest absolute Gasteiger partial charge is 0.233 e. The van der Waals surface area contributed by atoms with Crippen molar-refractivity contribution in [2.24, 2.45) is 7.05 Å². The number of hydrogen-bond donors (Lipinski definition) is 1. The molecule has 2 unspecified atom stereocenters. The second-order valence-corrected chi connectivity index (χ2v) is 8.37. The molecular weight excluding hydrogens is 376 g/mol. The summed E-state index contributed by atoms with van der Waals surface area (Å²) in [6.07, 6.45) is 4.24. The summed E-state index contributed by atoms with van der Waals surface area (Å²) in [7, 11) is 3.50. The van der Waals surface area contributed by atoms with Gasteiger partial charge >= 0.3 is 0 Å². The Morgan fingerprint density at radius 1 is 1.21 bits per heavy atom. The molecule has 1 N–H and O–H groups in total. The van der Waals surface area contributed by atoms with Gasteiger partial charge in [0.05, 0.1) is 12.4 Å². The highest BCUT2D eigenvalue weighted by molar-refractivity contribution is 8.00. The molecule has 0 bridgehead atoms. The number of nitrogens with zero attached hydrogens (tertiary/aromatic N) is 3. The fraction of sp³-hybridized carbons (Fsp3) is 0.550. The first-order chi connectivity index (χ1) is 13.5. The van der Waals surface area contributed by atoms with Gasteiger partial charge in [-0.25, -0.2) is 0 Å². The van der Waals surface area contributed by atoms with E-state index in [4.69, 9.17) is 9.47 Å². The number of nitrogens with one attached hydrogen (secondary N) is 1. The Kier molecular flexibility index (Phi) is 6.83. The van der Waals surface area contributed by atoms with E-state index in [1.165, 1.54) is 24.6 Å². The van der Waals surface area contributed by atoms with Gasteiger partial charge < -0.3 is 19.4 Å². The molecule has 3 rings (SSSR count). The van der Waals surface area contributed by atoms with E-state index in [1.54, 1.807) is 7.11 Å². The number of amides is 1. The molecule has 1 aromatic carbocycles. The van der Waals surface area contributed by atoms with Crippen molar-refractivity contribution in [1.29, 1.82) is 0 Å². The lowest BCUT2D eigenvalue weighted by molar-refractivity contribution is -0.120. The largest absolute Gasteiger partial charge is 0.493 e. The maximum atomic E-state index is 12.4. The summed E-state index contributed by atoms with van der Waals surface area (Å²) in [6, 6.07) is 7.82. The van der Waals surface area contributed by atoms with Crippen LogP contribution in [0.3, 0.4) is 0 Å². The molecular formula is C20H28N4O3S. The number of benzene rings is 1. The number of carbonyl (C=O) groups excluding carboxylic acids is 1. The van der Waals surface area contributed by atoms with Crippen LogP contribution in [-0.4, -0.2) is 39.1 Å². The standard InChI is InChI=1S/C20H28N4O3S/c1-13(27-17-12-8-7-11-16(17)26-4)18-22-23-20(24(18)3)28-14(2)19(25)21-15-9-5-6-10-15/h7-8,11-15H,5-6,9-10H2,1-4H3,(H,21,25). The summed E-state index contributed by atoms with van der Waals surface area (Å²) in [5.74, 6) is 2.07. The molecule has 1 fully saturated rings. The second-order valence-electron chi connectivity index (χ2n) is 7.06. The molecule has 1 aliphatic carbocycles. The highest BCUT2D eigenvalue weighted by Gasteiger charge is 2.24. The minimum absolute atomic E-state index is 0.0553. The van der Waals surface area contributed by atoms with Gasteiger partial charge in [0, 0.05) is 13.1 Å². The molecule has 2 atom stereocenters. The lowest BCUT2D eigenvalue weighted by Crippen LogP contribution is -2.37. The molecule has 2 aromatic rings. The number of rotatable bonds is 8. The number of para-hydroxylation sites is 2. The summed E-state index contributed by atoms with van der Waals surface area (Å²) in [5.41, 5.74) is 0. The Bertz CT molecular complexity index is 804. The van der Waals surface area contributed by atoms with Gasteiger partial charge in [0.25, 0.3) is 0 Å². The van der Waals surface area contributed by atoms with Gasteiger partial charge in [0.1, 0.15) is 0 Å². The van der Waals surface area contributed by atoms with Crippen molar-refractivity contribution < 1.29 is 14.3 Å². The van der Waals surface area contributed by atoms with Crippen LogP contribution in [-0.2, 0) is 11.8 Å². The van der Waals surface area contributed by atoms with Crippen LogP contribution in [0.25, 0.3) is 0 Å². The summed E-state index contributed by atoms with van der Waals surface area (Å²) < 4.78 is 13.2. The van der Waals surface area contributed by atoms with E-state index in [-0.39, 0.29) is 17.3 Å². The quantitative estimate of drug-likeness (QED) is 0.679. The Morgan fingerprint density at radius 2 is 1.89 bits per heavy atom. The zero-order valence-corrected chi connectivity index (χ0v) is 17.7. The van der Waals surface area contributed by atoms with E-state index in [9.17, 15) is 4.79 Å². The number of hydrogen-bond acceptors (Lipinski definition) is 6. The monoisotopic (exact) mass is 404 g/mol. The topological polar surface area (TPSA) is 78.3 Å². The Labute approximate surface area is 170 Å². The van der Waals surface area contributed by atoms with Crippen molar-refractivity contribution in [3.63, 3.8) is 0 Å². The molecule has 0 aliphatic heterocycles. The number of aromatic nitrogens is 3. The zero-order chi connectivity index (χ0) is 20.1. The molecule has 1 aromatic heterocycles. The van der Waals surface area contributed by atoms with Gasteiger partial charge in [-0.2, -0.15) is 0 Å². The first kappa shape index (κ1) is 20.5. The lowest BCUT2D eigenvalue weighted by atomic mass is 10.2. The van der Waals surface area contributed by atoms with Gasteiger partial charge in [0.15, 0.2) is 28.6 Å². The van der Waals surface area contributed by atoms with E-state index in [0.29, 0.717) is 28.5 Å². The van der Waals surface area contributed by atoms with Crippen LogP contribution in [0.4, 0.5) is 0 Å². The highest BCUT2D eigenvalue weighted by Crippen LogP contribution is 2.31. The first-order valence-corrected chi connectivity index (χ1v) is 10.5. The number of thioether (sulfide) groups is 1. The molecule has 7 nitrogen and oxygen atoms in total. The molecule has 0 spiro atoms. The van der Waals surface area contributed by atoms with E-state index in [2.05, 4.69) is 15.5 Å². The summed E-state index contributed by atoms with van der Waals surface area (Å²) in [4.78, 5) is 12.4. The SMILES string of the molecule is COc1ccccc1OC(C)c1nnc(SC(C)C(=O)NC2CCCC2)n1C. The van der Waals surface area contributed by atoms with E-state index >= 15 is 0 Å². The summed E-state index contributed by atoms with van der Waals surface area (Å²) in [5, 5.41) is 12.1. The molecule has 1 amide bonds. The minimum Gasteiger partial charge on any atom is -0.493 e. The number of carbonyl (C=O) groups is 1. The summed E-state index contributed by atoms with van der Waals surface area (Å²) in [6.45, 7) is 3.82. The van der Waals surface area contributed by atoms with E-state index in [0.717, 1.165) is 12.8 Å². The number of ether oxygens (including phenoxy) is 2. The van der Waals surface area contributed by atoms with Crippen molar-refractivity contribution in [1.82, 2.24) is 20.1 Å². The first-order valence-electron chi connectivity index (χ1n) is 9.65. The second kappa shape index (κ2) is 9.32. The van der Waals surface area contributed by atoms with Crippen molar-refractivity contribution >= 4 is 17.7 Å². The van der Waals surface area contributed by atoms with Gasteiger partial charge in [-0.05, 0) is 38.8 Å². The molecule has 28 heavy (non-hydrogen) atoms. The molecule has 1 saturated carbocycles. The highest BCUT2D eigenvalue weighted by atomic mass is 32.2. The average Bonchev–Trinajstić information content (AvgIpc) is 3.32. The van der Waals surface area contributed by atoms with Crippen molar-refractivity contribution in [3.8, 4) is 11.5 Å².